The molecule has 0 saturated carbocycles. The van der Waals surface area contributed by atoms with Crippen LogP contribution in [0.5, 0.6) is 0 Å². The lowest BCUT2D eigenvalue weighted by Crippen LogP contribution is -2.33. The molecule has 1 amide bonds. The first-order valence-electron chi connectivity index (χ1n) is 7.15. The van der Waals surface area contributed by atoms with E-state index >= 15 is 0 Å². The van der Waals surface area contributed by atoms with E-state index in [2.05, 4.69) is 10.2 Å². The van der Waals surface area contributed by atoms with Crippen LogP contribution in [-0.2, 0) is 4.79 Å². The lowest BCUT2D eigenvalue weighted by molar-refractivity contribution is -0.116. The summed E-state index contributed by atoms with van der Waals surface area (Å²) >= 11 is 6.99. The SMILES string of the molecule is NC(=S)c1ccccc1NC(=O)CCCN1CCSCC1. The van der Waals surface area contributed by atoms with Crippen LogP contribution in [0.15, 0.2) is 24.3 Å². The van der Waals surface area contributed by atoms with Crippen molar-refractivity contribution in [2.45, 2.75) is 12.8 Å². The number of nitrogens with zero attached hydrogens (tertiary/aromatic N) is 1. The number of para-hydroxylation sites is 1. The molecule has 1 heterocycles. The summed E-state index contributed by atoms with van der Waals surface area (Å²) in [6.45, 7) is 3.26. The van der Waals surface area contributed by atoms with Crippen molar-refractivity contribution in [1.29, 1.82) is 0 Å². The fourth-order valence-electron chi connectivity index (χ4n) is 2.31. The van der Waals surface area contributed by atoms with E-state index < -0.39 is 0 Å². The normalized spacial score (nSPS) is 15.6. The zero-order valence-corrected chi connectivity index (χ0v) is 13.6. The number of carbonyl (C=O) groups is 1. The summed E-state index contributed by atoms with van der Waals surface area (Å²) in [5.41, 5.74) is 7.07. The third-order valence-corrected chi connectivity index (χ3v) is 4.61. The van der Waals surface area contributed by atoms with Gasteiger partial charge in [0.05, 0.1) is 5.69 Å². The fraction of sp³-hybridized carbons (Fsp3) is 0.467. The molecule has 0 aromatic heterocycles. The second-order valence-electron chi connectivity index (χ2n) is 5.02. The van der Waals surface area contributed by atoms with Crippen LogP contribution in [-0.4, -0.2) is 46.9 Å². The number of nitrogens with one attached hydrogen (secondary N) is 1. The monoisotopic (exact) mass is 323 g/mol. The van der Waals surface area contributed by atoms with Gasteiger partial charge in [-0.25, -0.2) is 0 Å². The Labute approximate surface area is 135 Å². The number of nitrogens with two attached hydrogens (primary N) is 1. The Morgan fingerprint density at radius 1 is 1.33 bits per heavy atom. The Morgan fingerprint density at radius 3 is 2.76 bits per heavy atom. The van der Waals surface area contributed by atoms with E-state index in [1.165, 1.54) is 11.5 Å². The molecule has 1 fully saturated rings. The second kappa shape index (κ2) is 8.36. The summed E-state index contributed by atoms with van der Waals surface area (Å²) in [5, 5.41) is 2.90. The molecule has 1 aromatic rings. The zero-order chi connectivity index (χ0) is 15.1. The number of hydrogen-bond donors (Lipinski definition) is 2. The average molecular weight is 323 g/mol. The van der Waals surface area contributed by atoms with Crippen molar-refractivity contribution in [3.05, 3.63) is 29.8 Å². The second-order valence-corrected chi connectivity index (χ2v) is 6.68. The molecule has 0 unspecified atom stereocenters. The lowest BCUT2D eigenvalue weighted by atomic mass is 10.1. The Morgan fingerprint density at radius 2 is 2.05 bits per heavy atom. The van der Waals surface area contributed by atoms with E-state index in [-0.39, 0.29) is 5.91 Å². The molecule has 4 nitrogen and oxygen atoms in total. The van der Waals surface area contributed by atoms with Gasteiger partial charge in [0.2, 0.25) is 5.91 Å². The standard InChI is InChI=1S/C15H21N3OS2/c16-15(20)12-4-1-2-5-13(12)17-14(19)6-3-7-18-8-10-21-11-9-18/h1-2,4-5H,3,6-11H2,(H2,16,20)(H,17,19). The van der Waals surface area contributed by atoms with Crippen molar-refractivity contribution in [2.24, 2.45) is 5.73 Å². The van der Waals surface area contributed by atoms with E-state index in [4.69, 9.17) is 18.0 Å². The number of amides is 1. The van der Waals surface area contributed by atoms with E-state index in [0.717, 1.165) is 26.1 Å². The van der Waals surface area contributed by atoms with Crippen LogP contribution in [0.2, 0.25) is 0 Å². The molecular formula is C15H21N3OS2. The molecule has 21 heavy (non-hydrogen) atoms. The maximum Gasteiger partial charge on any atom is 0.224 e. The molecule has 2 rings (SSSR count). The number of thiocarbonyl (C=S) groups is 1. The third kappa shape index (κ3) is 5.30. The Bertz CT molecular complexity index is 501. The molecule has 1 aliphatic heterocycles. The fourth-order valence-corrected chi connectivity index (χ4v) is 3.46. The van der Waals surface area contributed by atoms with Crippen molar-refractivity contribution < 1.29 is 4.79 Å². The highest BCUT2D eigenvalue weighted by atomic mass is 32.2. The van der Waals surface area contributed by atoms with Gasteiger partial charge >= 0.3 is 0 Å². The maximum atomic E-state index is 12.0. The van der Waals surface area contributed by atoms with Gasteiger partial charge in [-0.15, -0.1) is 0 Å². The first kappa shape index (κ1) is 16.3. The van der Waals surface area contributed by atoms with Gasteiger partial charge in [0.25, 0.3) is 0 Å². The lowest BCUT2D eigenvalue weighted by Gasteiger charge is -2.25. The largest absolute Gasteiger partial charge is 0.389 e. The number of thioether (sulfide) groups is 1. The maximum absolute atomic E-state index is 12.0. The predicted octanol–water partition coefficient (Wildman–Crippen LogP) is 2.09. The molecule has 0 bridgehead atoms. The molecule has 0 radical (unpaired) electrons. The number of rotatable bonds is 6. The van der Waals surface area contributed by atoms with Gasteiger partial charge in [0.15, 0.2) is 0 Å². The highest BCUT2D eigenvalue weighted by Crippen LogP contribution is 2.15. The molecular weight excluding hydrogens is 302 g/mol. The van der Waals surface area contributed by atoms with Gasteiger partial charge in [-0.3, -0.25) is 4.79 Å². The van der Waals surface area contributed by atoms with Crippen LogP contribution in [0, 0.1) is 0 Å². The Hall–Kier alpha value is -1.11. The first-order chi connectivity index (χ1) is 10.2. The zero-order valence-electron chi connectivity index (χ0n) is 12.0. The predicted molar refractivity (Wildman–Crippen MR) is 94.0 cm³/mol. The van der Waals surface area contributed by atoms with Crippen LogP contribution < -0.4 is 11.1 Å². The van der Waals surface area contributed by atoms with E-state index in [0.29, 0.717) is 22.7 Å². The van der Waals surface area contributed by atoms with Gasteiger partial charge < -0.3 is 16.0 Å². The quantitative estimate of drug-likeness (QED) is 0.785. The van der Waals surface area contributed by atoms with Crippen LogP contribution in [0.1, 0.15) is 18.4 Å². The summed E-state index contributed by atoms with van der Waals surface area (Å²) in [4.78, 5) is 14.7. The van der Waals surface area contributed by atoms with Crippen LogP contribution >= 0.6 is 24.0 Å². The highest BCUT2D eigenvalue weighted by Gasteiger charge is 2.11. The van der Waals surface area contributed by atoms with Crippen LogP contribution in [0.25, 0.3) is 0 Å². The van der Waals surface area contributed by atoms with E-state index in [9.17, 15) is 4.79 Å². The summed E-state index contributed by atoms with van der Waals surface area (Å²) in [6.07, 6.45) is 1.40. The summed E-state index contributed by atoms with van der Waals surface area (Å²) in [6, 6.07) is 7.37. The molecule has 0 spiro atoms. The summed E-state index contributed by atoms with van der Waals surface area (Å²) in [7, 11) is 0. The minimum absolute atomic E-state index is 0.0186. The summed E-state index contributed by atoms with van der Waals surface area (Å²) in [5.74, 6) is 2.42. The van der Waals surface area contributed by atoms with Gasteiger partial charge in [-0.05, 0) is 25.1 Å². The molecule has 1 saturated heterocycles. The van der Waals surface area contributed by atoms with Gasteiger partial charge in [0, 0.05) is 36.6 Å². The minimum atomic E-state index is 0.0186. The van der Waals surface area contributed by atoms with Gasteiger partial charge in [-0.2, -0.15) is 11.8 Å². The topological polar surface area (TPSA) is 58.4 Å². The van der Waals surface area contributed by atoms with Crippen molar-refractivity contribution >= 4 is 40.6 Å². The van der Waals surface area contributed by atoms with E-state index in [1.54, 1.807) is 0 Å². The number of hydrogen-bond acceptors (Lipinski definition) is 4. The van der Waals surface area contributed by atoms with Crippen molar-refractivity contribution in [1.82, 2.24) is 4.90 Å². The molecule has 114 valence electrons. The third-order valence-electron chi connectivity index (χ3n) is 3.45. The van der Waals surface area contributed by atoms with Crippen molar-refractivity contribution in [2.75, 3.05) is 36.5 Å². The molecule has 0 aliphatic carbocycles. The average Bonchev–Trinajstić information content (AvgIpc) is 2.48. The van der Waals surface area contributed by atoms with Crippen LogP contribution in [0.4, 0.5) is 5.69 Å². The number of carbonyl (C=O) groups excluding carboxylic acids is 1. The van der Waals surface area contributed by atoms with E-state index in [1.807, 2.05) is 36.0 Å². The smallest absolute Gasteiger partial charge is 0.224 e. The van der Waals surface area contributed by atoms with Crippen LogP contribution in [0.3, 0.4) is 0 Å². The van der Waals surface area contributed by atoms with Gasteiger partial charge in [0.1, 0.15) is 4.99 Å². The minimum Gasteiger partial charge on any atom is -0.389 e. The molecule has 0 atom stereocenters. The van der Waals surface area contributed by atoms with Crippen molar-refractivity contribution in [3.63, 3.8) is 0 Å². The first-order valence-corrected chi connectivity index (χ1v) is 8.72. The Kier molecular flexibility index (Phi) is 6.48. The van der Waals surface area contributed by atoms with Crippen molar-refractivity contribution in [3.8, 4) is 0 Å². The Balaban J connectivity index is 1.78. The highest BCUT2D eigenvalue weighted by molar-refractivity contribution is 7.99. The summed E-state index contributed by atoms with van der Waals surface area (Å²) < 4.78 is 0. The molecule has 1 aliphatic rings. The molecule has 1 aromatic carbocycles. The van der Waals surface area contributed by atoms with Gasteiger partial charge in [-0.1, -0.05) is 24.4 Å². The number of benzene rings is 1. The number of anilines is 1. The molecule has 3 N–H and O–H groups in total. The molecule has 6 heteroatoms.